The third-order valence-electron chi connectivity index (χ3n) is 4.24. The third-order valence-corrected chi connectivity index (χ3v) is 4.24. The number of nitrogens with one attached hydrogen (secondary N) is 1. The number of hydrogen-bond donors (Lipinski definition) is 1. The number of halogens is 1. The monoisotopic (exact) mass is 336 g/mol. The molecule has 0 spiro atoms. The molecule has 0 radical (unpaired) electrons. The van der Waals surface area contributed by atoms with E-state index in [2.05, 4.69) is 44.5 Å². The predicted molar refractivity (Wildman–Crippen MR) is 100 cm³/mol. The van der Waals surface area contributed by atoms with Crippen LogP contribution in [0.4, 0.5) is 10.3 Å². The van der Waals surface area contributed by atoms with Crippen molar-refractivity contribution in [2.75, 3.05) is 11.9 Å². The molecule has 0 unspecified atom stereocenters. The molecule has 0 saturated heterocycles. The van der Waals surface area contributed by atoms with Gasteiger partial charge < -0.3 is 5.32 Å². The van der Waals surface area contributed by atoms with E-state index in [4.69, 9.17) is 0 Å². The quantitative estimate of drug-likeness (QED) is 0.766. The molecular formula is C20H21FN4. The lowest BCUT2D eigenvalue weighted by Gasteiger charge is -2.15. The van der Waals surface area contributed by atoms with E-state index in [1.54, 1.807) is 6.20 Å². The SMILES string of the molecule is CC(C)(F)CNc1ncc2c(n1)CC=C2c1ccc2ncccc2c1.[HH]. The summed E-state index contributed by atoms with van der Waals surface area (Å²) in [7, 11) is 0. The first kappa shape index (κ1) is 15.7. The molecule has 25 heavy (non-hydrogen) atoms. The maximum atomic E-state index is 13.6. The number of rotatable bonds is 4. The van der Waals surface area contributed by atoms with E-state index in [1.165, 1.54) is 13.8 Å². The first-order chi connectivity index (χ1) is 12.0. The molecule has 1 aromatic carbocycles. The molecular weight excluding hydrogens is 315 g/mol. The van der Waals surface area contributed by atoms with Crippen LogP contribution in [0.15, 0.2) is 48.8 Å². The molecule has 0 bridgehead atoms. The van der Waals surface area contributed by atoms with Gasteiger partial charge in [-0.3, -0.25) is 4.98 Å². The fraction of sp³-hybridized carbons (Fsp3) is 0.250. The lowest BCUT2D eigenvalue weighted by molar-refractivity contribution is 0.234. The second-order valence-electron chi connectivity index (χ2n) is 6.86. The van der Waals surface area contributed by atoms with Crippen LogP contribution in [0, 0.1) is 0 Å². The molecule has 4 nitrogen and oxygen atoms in total. The van der Waals surface area contributed by atoms with Crippen molar-refractivity contribution < 1.29 is 5.82 Å². The summed E-state index contributed by atoms with van der Waals surface area (Å²) in [6, 6.07) is 10.2. The number of nitrogens with zero attached hydrogens (tertiary/aromatic N) is 3. The van der Waals surface area contributed by atoms with Gasteiger partial charge >= 0.3 is 0 Å². The highest BCUT2D eigenvalue weighted by Gasteiger charge is 2.20. The van der Waals surface area contributed by atoms with Crippen molar-refractivity contribution in [1.82, 2.24) is 15.0 Å². The number of hydrogen-bond acceptors (Lipinski definition) is 4. The van der Waals surface area contributed by atoms with Crippen LogP contribution in [0.5, 0.6) is 0 Å². The van der Waals surface area contributed by atoms with E-state index in [0.29, 0.717) is 5.95 Å². The van der Waals surface area contributed by atoms with Gasteiger partial charge in [0, 0.05) is 31.2 Å². The van der Waals surface area contributed by atoms with Gasteiger partial charge in [0.25, 0.3) is 0 Å². The van der Waals surface area contributed by atoms with Crippen LogP contribution in [0.2, 0.25) is 0 Å². The van der Waals surface area contributed by atoms with Crippen molar-refractivity contribution in [2.24, 2.45) is 0 Å². The Bertz CT molecular complexity index is 979. The zero-order valence-electron chi connectivity index (χ0n) is 14.3. The highest BCUT2D eigenvalue weighted by molar-refractivity contribution is 5.89. The Morgan fingerprint density at radius 3 is 2.96 bits per heavy atom. The summed E-state index contributed by atoms with van der Waals surface area (Å²) in [5, 5.41) is 4.07. The largest absolute Gasteiger partial charge is 0.351 e. The van der Waals surface area contributed by atoms with Gasteiger partial charge in [0.2, 0.25) is 5.95 Å². The van der Waals surface area contributed by atoms with Crippen LogP contribution in [-0.2, 0) is 6.42 Å². The average Bonchev–Trinajstić information content (AvgIpc) is 3.02. The molecule has 128 valence electrons. The Morgan fingerprint density at radius 1 is 1.24 bits per heavy atom. The molecule has 0 aliphatic heterocycles. The molecule has 0 amide bonds. The molecule has 2 heterocycles. The Balaban J connectivity index is 0.00000196. The van der Waals surface area contributed by atoms with Gasteiger partial charge in [-0.25, -0.2) is 14.4 Å². The number of alkyl halides is 1. The molecule has 1 aliphatic carbocycles. The van der Waals surface area contributed by atoms with Crippen LogP contribution < -0.4 is 5.32 Å². The maximum Gasteiger partial charge on any atom is 0.223 e. The van der Waals surface area contributed by atoms with E-state index in [0.717, 1.165) is 39.7 Å². The summed E-state index contributed by atoms with van der Waals surface area (Å²) >= 11 is 0. The van der Waals surface area contributed by atoms with Crippen molar-refractivity contribution in [3.63, 3.8) is 0 Å². The van der Waals surface area contributed by atoms with E-state index >= 15 is 0 Å². The summed E-state index contributed by atoms with van der Waals surface area (Å²) in [6.07, 6.45) is 6.54. The third kappa shape index (κ3) is 3.22. The number of anilines is 1. The first-order valence-corrected chi connectivity index (χ1v) is 8.34. The summed E-state index contributed by atoms with van der Waals surface area (Å²) in [6.45, 7) is 3.24. The molecule has 0 atom stereocenters. The van der Waals surface area contributed by atoms with E-state index in [-0.39, 0.29) is 7.97 Å². The molecule has 4 rings (SSSR count). The lowest BCUT2D eigenvalue weighted by Crippen LogP contribution is -2.25. The Labute approximate surface area is 147 Å². The molecule has 5 heteroatoms. The smallest absolute Gasteiger partial charge is 0.223 e. The molecule has 2 aromatic heterocycles. The van der Waals surface area contributed by atoms with Crippen LogP contribution in [0.3, 0.4) is 0 Å². The normalized spacial score (nSPS) is 13.6. The van der Waals surface area contributed by atoms with Gasteiger partial charge in [-0.1, -0.05) is 18.2 Å². The highest BCUT2D eigenvalue weighted by Crippen LogP contribution is 2.33. The Morgan fingerprint density at radius 2 is 2.12 bits per heavy atom. The van der Waals surface area contributed by atoms with Crippen LogP contribution >= 0.6 is 0 Å². The molecule has 3 aromatic rings. The predicted octanol–water partition coefficient (Wildman–Crippen LogP) is 4.42. The van der Waals surface area contributed by atoms with Crippen LogP contribution in [-0.4, -0.2) is 27.2 Å². The zero-order valence-corrected chi connectivity index (χ0v) is 14.3. The minimum absolute atomic E-state index is 0. The second-order valence-corrected chi connectivity index (χ2v) is 6.86. The fourth-order valence-corrected chi connectivity index (χ4v) is 3.00. The lowest BCUT2D eigenvalue weighted by atomic mass is 10.0. The highest BCUT2D eigenvalue weighted by atomic mass is 19.1. The van der Waals surface area contributed by atoms with Crippen molar-refractivity contribution in [2.45, 2.75) is 25.9 Å². The standard InChI is InChI=1S/C20H19FN4.H2/c1-20(2,21)12-24-19-23-11-16-15(6-8-18(16)25-19)13-5-7-17-14(10-13)4-3-9-22-17;/h3-7,9-11H,8,12H2,1-2H3,(H,23,24,25);1H. The van der Waals surface area contributed by atoms with Gasteiger partial charge in [-0.15, -0.1) is 0 Å². The topological polar surface area (TPSA) is 50.7 Å². The van der Waals surface area contributed by atoms with Gasteiger partial charge in [0.1, 0.15) is 5.67 Å². The average molecular weight is 336 g/mol. The number of allylic oxidation sites excluding steroid dienone is 1. The second kappa shape index (κ2) is 5.92. The van der Waals surface area contributed by atoms with Gasteiger partial charge in [0.15, 0.2) is 0 Å². The number of fused-ring (bicyclic) bond motifs is 2. The summed E-state index contributed by atoms with van der Waals surface area (Å²) in [5.74, 6) is 0.474. The van der Waals surface area contributed by atoms with Crippen LogP contribution in [0.1, 0.15) is 32.1 Å². The molecule has 0 fully saturated rings. The fourth-order valence-electron chi connectivity index (χ4n) is 3.00. The van der Waals surface area contributed by atoms with Crippen molar-refractivity contribution in [3.05, 3.63) is 65.6 Å². The zero-order chi connectivity index (χ0) is 17.4. The number of aromatic nitrogens is 3. The molecule has 1 aliphatic rings. The Kier molecular flexibility index (Phi) is 3.71. The van der Waals surface area contributed by atoms with Gasteiger partial charge in [-0.05, 0) is 43.2 Å². The minimum atomic E-state index is -1.30. The summed E-state index contributed by atoms with van der Waals surface area (Å²) < 4.78 is 13.6. The Hall–Kier alpha value is -2.82. The van der Waals surface area contributed by atoms with Gasteiger partial charge in [-0.2, -0.15) is 0 Å². The number of benzene rings is 1. The van der Waals surface area contributed by atoms with Crippen molar-refractivity contribution >= 4 is 22.4 Å². The molecule has 1 N–H and O–H groups in total. The van der Waals surface area contributed by atoms with Crippen molar-refractivity contribution in [1.29, 1.82) is 0 Å². The van der Waals surface area contributed by atoms with E-state index in [9.17, 15) is 4.39 Å². The van der Waals surface area contributed by atoms with E-state index in [1.807, 2.05) is 18.3 Å². The van der Waals surface area contributed by atoms with Crippen molar-refractivity contribution in [3.8, 4) is 0 Å². The summed E-state index contributed by atoms with van der Waals surface area (Å²) in [4.78, 5) is 13.3. The van der Waals surface area contributed by atoms with Gasteiger partial charge in [0.05, 0.1) is 17.8 Å². The number of pyridine rings is 1. The maximum absolute atomic E-state index is 13.6. The first-order valence-electron chi connectivity index (χ1n) is 8.34. The summed E-state index contributed by atoms with van der Waals surface area (Å²) in [5.41, 5.74) is 3.95. The van der Waals surface area contributed by atoms with E-state index < -0.39 is 5.67 Å². The molecule has 0 saturated carbocycles. The minimum Gasteiger partial charge on any atom is -0.351 e. The van der Waals surface area contributed by atoms with Crippen LogP contribution in [0.25, 0.3) is 16.5 Å².